The first-order chi connectivity index (χ1) is 13.8. The SMILES string of the molecule is CC(C)C(=O)N1CCC(C(=O)Nc2ccnn2Cc2ccc(N(C)C)cc2)CC1. The summed E-state index contributed by atoms with van der Waals surface area (Å²) in [6, 6.07) is 10.1. The van der Waals surface area contributed by atoms with Gasteiger partial charge in [-0.3, -0.25) is 9.59 Å². The highest BCUT2D eigenvalue weighted by Gasteiger charge is 2.28. The third-order valence-corrected chi connectivity index (χ3v) is 5.42. The van der Waals surface area contributed by atoms with Crippen molar-refractivity contribution in [2.75, 3.05) is 37.4 Å². The van der Waals surface area contributed by atoms with E-state index in [0.29, 0.717) is 38.3 Å². The predicted molar refractivity (Wildman–Crippen MR) is 115 cm³/mol. The largest absolute Gasteiger partial charge is 0.378 e. The molecule has 0 spiro atoms. The minimum Gasteiger partial charge on any atom is -0.378 e. The molecule has 2 amide bonds. The van der Waals surface area contributed by atoms with Crippen molar-refractivity contribution in [3.05, 3.63) is 42.1 Å². The molecule has 2 aromatic rings. The van der Waals surface area contributed by atoms with Gasteiger partial charge in [0.05, 0.1) is 12.7 Å². The van der Waals surface area contributed by atoms with Crippen molar-refractivity contribution in [1.29, 1.82) is 0 Å². The molecule has 156 valence electrons. The summed E-state index contributed by atoms with van der Waals surface area (Å²) in [6.07, 6.45) is 3.10. The number of likely N-dealkylation sites (tertiary alicyclic amines) is 1. The third kappa shape index (κ3) is 5.16. The highest BCUT2D eigenvalue weighted by atomic mass is 16.2. The summed E-state index contributed by atoms with van der Waals surface area (Å²) < 4.78 is 1.81. The smallest absolute Gasteiger partial charge is 0.228 e. The average molecular weight is 398 g/mol. The molecule has 0 aliphatic carbocycles. The maximum atomic E-state index is 12.7. The fraction of sp³-hybridized carbons (Fsp3) is 0.500. The highest BCUT2D eigenvalue weighted by Crippen LogP contribution is 2.21. The van der Waals surface area contributed by atoms with Crippen LogP contribution in [0, 0.1) is 11.8 Å². The summed E-state index contributed by atoms with van der Waals surface area (Å²) in [5.74, 6) is 0.802. The van der Waals surface area contributed by atoms with E-state index in [1.165, 1.54) is 0 Å². The molecule has 1 aromatic heterocycles. The van der Waals surface area contributed by atoms with Crippen molar-refractivity contribution in [3.63, 3.8) is 0 Å². The van der Waals surface area contributed by atoms with E-state index in [1.54, 1.807) is 10.9 Å². The van der Waals surface area contributed by atoms with E-state index in [4.69, 9.17) is 0 Å². The Bertz CT molecular complexity index is 833. The molecule has 29 heavy (non-hydrogen) atoms. The van der Waals surface area contributed by atoms with Crippen LogP contribution in [-0.4, -0.2) is 53.7 Å². The predicted octanol–water partition coefficient (Wildman–Crippen LogP) is 2.83. The molecule has 1 aliphatic heterocycles. The monoisotopic (exact) mass is 397 g/mol. The molecule has 2 heterocycles. The summed E-state index contributed by atoms with van der Waals surface area (Å²) in [4.78, 5) is 28.8. The molecule has 1 aliphatic rings. The molecule has 0 saturated carbocycles. The van der Waals surface area contributed by atoms with Crippen molar-refractivity contribution < 1.29 is 9.59 Å². The number of benzene rings is 1. The van der Waals surface area contributed by atoms with Gasteiger partial charge in [0.15, 0.2) is 0 Å². The fourth-order valence-corrected chi connectivity index (χ4v) is 3.59. The lowest BCUT2D eigenvalue weighted by Crippen LogP contribution is -2.43. The van der Waals surface area contributed by atoms with Gasteiger partial charge in [-0.25, -0.2) is 4.68 Å². The lowest BCUT2D eigenvalue weighted by molar-refractivity contribution is -0.137. The molecule has 1 aromatic carbocycles. The first-order valence-corrected chi connectivity index (χ1v) is 10.2. The number of carbonyl (C=O) groups excluding carboxylic acids is 2. The van der Waals surface area contributed by atoms with Gasteiger partial charge in [0, 0.05) is 50.8 Å². The van der Waals surface area contributed by atoms with E-state index >= 15 is 0 Å². The molecule has 0 unspecified atom stereocenters. The third-order valence-electron chi connectivity index (χ3n) is 5.42. The Kier molecular flexibility index (Phi) is 6.56. The average Bonchev–Trinajstić information content (AvgIpc) is 3.14. The first-order valence-electron chi connectivity index (χ1n) is 10.2. The number of rotatable bonds is 6. The maximum absolute atomic E-state index is 12.7. The van der Waals surface area contributed by atoms with E-state index in [1.807, 2.05) is 38.9 Å². The number of nitrogens with zero attached hydrogens (tertiary/aromatic N) is 4. The van der Waals surface area contributed by atoms with E-state index in [0.717, 1.165) is 11.3 Å². The normalized spacial score (nSPS) is 14.9. The zero-order valence-electron chi connectivity index (χ0n) is 17.8. The number of amides is 2. The molecule has 3 rings (SSSR count). The number of hydrogen-bond acceptors (Lipinski definition) is 4. The lowest BCUT2D eigenvalue weighted by atomic mass is 9.95. The Morgan fingerprint density at radius 2 is 1.79 bits per heavy atom. The molecule has 1 N–H and O–H groups in total. The van der Waals surface area contributed by atoms with Crippen molar-refractivity contribution in [2.45, 2.75) is 33.2 Å². The van der Waals surface area contributed by atoms with E-state index in [-0.39, 0.29) is 23.7 Å². The summed E-state index contributed by atoms with van der Waals surface area (Å²) in [5.41, 5.74) is 2.26. The van der Waals surface area contributed by atoms with Crippen LogP contribution in [0.3, 0.4) is 0 Å². The second-order valence-electron chi connectivity index (χ2n) is 8.18. The Morgan fingerprint density at radius 3 is 2.38 bits per heavy atom. The second kappa shape index (κ2) is 9.11. The quantitative estimate of drug-likeness (QED) is 0.814. The van der Waals surface area contributed by atoms with Crippen LogP contribution in [-0.2, 0) is 16.1 Å². The van der Waals surface area contributed by atoms with E-state index in [2.05, 4.69) is 39.6 Å². The Balaban J connectivity index is 1.57. The van der Waals surface area contributed by atoms with Gasteiger partial charge in [0.1, 0.15) is 5.82 Å². The molecule has 0 radical (unpaired) electrons. The molecule has 0 bridgehead atoms. The van der Waals surface area contributed by atoms with Crippen molar-refractivity contribution >= 4 is 23.3 Å². The number of hydrogen-bond donors (Lipinski definition) is 1. The van der Waals surface area contributed by atoms with E-state index < -0.39 is 0 Å². The van der Waals surface area contributed by atoms with Crippen LogP contribution >= 0.6 is 0 Å². The van der Waals surface area contributed by atoms with Gasteiger partial charge in [-0.15, -0.1) is 0 Å². The molecular formula is C22H31N5O2. The maximum Gasteiger partial charge on any atom is 0.228 e. The van der Waals surface area contributed by atoms with E-state index in [9.17, 15) is 9.59 Å². The second-order valence-corrected chi connectivity index (χ2v) is 8.18. The van der Waals surface area contributed by atoms with Gasteiger partial charge < -0.3 is 15.1 Å². The fourth-order valence-electron chi connectivity index (χ4n) is 3.59. The van der Waals surface area contributed by atoms with Gasteiger partial charge in [-0.2, -0.15) is 5.10 Å². The summed E-state index contributed by atoms with van der Waals surface area (Å²) in [5, 5.41) is 7.39. The van der Waals surface area contributed by atoms with Gasteiger partial charge in [-0.1, -0.05) is 26.0 Å². The standard InChI is InChI=1S/C22H31N5O2/c1-16(2)22(29)26-13-10-18(11-14-26)21(28)24-20-9-12-23-27(20)15-17-5-7-19(8-6-17)25(3)4/h5-9,12,16,18H,10-11,13-15H2,1-4H3,(H,24,28). The first kappa shape index (κ1) is 20.9. The number of anilines is 2. The van der Waals surface area contributed by atoms with Crippen LogP contribution in [0.25, 0.3) is 0 Å². The number of aromatic nitrogens is 2. The summed E-state index contributed by atoms with van der Waals surface area (Å²) in [6.45, 7) is 5.71. The molecule has 1 fully saturated rings. The number of nitrogens with one attached hydrogen (secondary N) is 1. The van der Waals surface area contributed by atoms with Crippen molar-refractivity contribution in [1.82, 2.24) is 14.7 Å². The zero-order chi connectivity index (χ0) is 21.0. The van der Waals surface area contributed by atoms with Gasteiger partial charge in [0.2, 0.25) is 11.8 Å². The minimum absolute atomic E-state index is 0.00141. The van der Waals surface area contributed by atoms with Crippen LogP contribution < -0.4 is 10.2 Å². The van der Waals surface area contributed by atoms with Crippen LogP contribution in [0.5, 0.6) is 0 Å². The van der Waals surface area contributed by atoms with Gasteiger partial charge in [-0.05, 0) is 30.5 Å². The minimum atomic E-state index is -0.0751. The number of piperidine rings is 1. The topological polar surface area (TPSA) is 70.5 Å². The van der Waals surface area contributed by atoms with Crippen LogP contribution in [0.4, 0.5) is 11.5 Å². The molecular weight excluding hydrogens is 366 g/mol. The Morgan fingerprint density at radius 1 is 1.14 bits per heavy atom. The summed E-state index contributed by atoms with van der Waals surface area (Å²) >= 11 is 0. The van der Waals surface area contributed by atoms with Crippen LogP contribution in [0.15, 0.2) is 36.5 Å². The molecule has 7 nitrogen and oxygen atoms in total. The van der Waals surface area contributed by atoms with Gasteiger partial charge >= 0.3 is 0 Å². The van der Waals surface area contributed by atoms with Crippen LogP contribution in [0.2, 0.25) is 0 Å². The Labute approximate surface area is 172 Å². The van der Waals surface area contributed by atoms with Crippen molar-refractivity contribution in [3.8, 4) is 0 Å². The zero-order valence-corrected chi connectivity index (χ0v) is 17.8. The molecule has 0 atom stereocenters. The lowest BCUT2D eigenvalue weighted by Gasteiger charge is -2.32. The molecule has 1 saturated heterocycles. The van der Waals surface area contributed by atoms with Gasteiger partial charge in [0.25, 0.3) is 0 Å². The van der Waals surface area contributed by atoms with Crippen LogP contribution in [0.1, 0.15) is 32.3 Å². The Hall–Kier alpha value is -2.83. The molecule has 7 heteroatoms. The summed E-state index contributed by atoms with van der Waals surface area (Å²) in [7, 11) is 4.03. The number of carbonyl (C=O) groups is 2. The van der Waals surface area contributed by atoms with Crippen molar-refractivity contribution in [2.24, 2.45) is 11.8 Å². The highest BCUT2D eigenvalue weighted by molar-refractivity contribution is 5.92.